The first kappa shape index (κ1) is 28.7. The van der Waals surface area contributed by atoms with E-state index in [0.717, 1.165) is 33.3 Å². The largest absolute Gasteiger partial charge is 0.463 e. The number of hydrogen-bond donors (Lipinski definition) is 0. The van der Waals surface area contributed by atoms with Gasteiger partial charge in [0, 0.05) is 28.7 Å². The Morgan fingerprint density at radius 2 is 1.62 bits per heavy atom. The summed E-state index contributed by atoms with van der Waals surface area (Å²) in [6, 6.07) is 30.6. The van der Waals surface area contributed by atoms with Gasteiger partial charge in [0.05, 0.1) is 28.5 Å². The van der Waals surface area contributed by atoms with E-state index in [4.69, 9.17) is 9.73 Å². The molecule has 0 amide bonds. The smallest absolute Gasteiger partial charge is 0.338 e. The van der Waals surface area contributed by atoms with Gasteiger partial charge in [-0.05, 0) is 61.7 Å². The molecular weight excluding hydrogens is 579 g/mol. The third-order valence-corrected chi connectivity index (χ3v) is 9.66. The third-order valence-electron chi connectivity index (χ3n) is 8.67. The van der Waals surface area contributed by atoms with Crippen LogP contribution in [0.1, 0.15) is 47.8 Å². The van der Waals surface area contributed by atoms with E-state index in [1.807, 2.05) is 50.3 Å². The Kier molecular flexibility index (Phi) is 7.34. The highest BCUT2D eigenvalue weighted by atomic mass is 32.1. The van der Waals surface area contributed by atoms with Crippen LogP contribution in [0.3, 0.4) is 0 Å². The maximum absolute atomic E-state index is 14.3. The van der Waals surface area contributed by atoms with E-state index in [9.17, 15) is 9.59 Å². The molecule has 0 fully saturated rings. The average molecular weight is 612 g/mol. The summed E-state index contributed by atoms with van der Waals surface area (Å²) in [7, 11) is 0. The highest BCUT2D eigenvalue weighted by Gasteiger charge is 2.33. The molecule has 0 bridgehead atoms. The molecule has 3 heterocycles. The zero-order valence-electron chi connectivity index (χ0n) is 25.7. The van der Waals surface area contributed by atoms with Gasteiger partial charge in [-0.25, -0.2) is 9.79 Å². The van der Waals surface area contributed by atoms with Crippen LogP contribution in [0.2, 0.25) is 0 Å². The van der Waals surface area contributed by atoms with E-state index in [1.54, 1.807) is 11.5 Å². The molecular formula is C38H33N3O3S. The molecule has 4 aromatic carbocycles. The van der Waals surface area contributed by atoms with Gasteiger partial charge >= 0.3 is 5.97 Å². The number of aromatic nitrogens is 2. The van der Waals surface area contributed by atoms with Crippen molar-refractivity contribution in [3.63, 3.8) is 0 Å². The second-order valence-electron chi connectivity index (χ2n) is 11.5. The van der Waals surface area contributed by atoms with Crippen molar-refractivity contribution < 1.29 is 9.53 Å². The number of ether oxygens (including phenoxy) is 1. The predicted molar refractivity (Wildman–Crippen MR) is 181 cm³/mol. The molecule has 0 unspecified atom stereocenters. The topological polar surface area (TPSA) is 65.6 Å². The van der Waals surface area contributed by atoms with Crippen molar-refractivity contribution in [2.24, 2.45) is 4.99 Å². The maximum atomic E-state index is 14.3. The quantitative estimate of drug-likeness (QED) is 0.200. The maximum Gasteiger partial charge on any atom is 0.338 e. The van der Waals surface area contributed by atoms with Crippen molar-refractivity contribution >= 4 is 45.1 Å². The van der Waals surface area contributed by atoms with Crippen LogP contribution in [0.5, 0.6) is 0 Å². The van der Waals surface area contributed by atoms with E-state index >= 15 is 0 Å². The molecule has 7 rings (SSSR count). The molecule has 0 N–H and O–H groups in total. The Balaban J connectivity index is 1.41. The molecule has 6 aromatic rings. The molecule has 45 heavy (non-hydrogen) atoms. The van der Waals surface area contributed by atoms with Crippen LogP contribution in [0, 0.1) is 13.8 Å². The van der Waals surface area contributed by atoms with Crippen LogP contribution in [0.15, 0.2) is 112 Å². The SMILES string of the molecule is CCOC(=O)C1=C(C)N=c2s/c(=C\c3c(C)n(Cc4cccc5ccccc45)c4ccccc34)c(=O)n2[C@H]1c1ccc(C)cc1. The molecule has 0 saturated carbocycles. The Morgan fingerprint density at radius 1 is 0.911 bits per heavy atom. The van der Waals surface area contributed by atoms with Crippen LogP contribution in [0.4, 0.5) is 0 Å². The van der Waals surface area contributed by atoms with E-state index in [2.05, 4.69) is 72.2 Å². The molecule has 0 spiro atoms. The first-order chi connectivity index (χ1) is 21.9. The number of benzene rings is 4. The average Bonchev–Trinajstić information content (AvgIpc) is 3.49. The number of hydrogen-bond acceptors (Lipinski definition) is 5. The summed E-state index contributed by atoms with van der Waals surface area (Å²) in [5.41, 5.74) is 7.15. The predicted octanol–water partition coefficient (Wildman–Crippen LogP) is 6.57. The molecule has 1 atom stereocenters. The van der Waals surface area contributed by atoms with E-state index in [1.165, 1.54) is 27.7 Å². The molecule has 7 heteroatoms. The first-order valence-electron chi connectivity index (χ1n) is 15.2. The lowest BCUT2D eigenvalue weighted by Gasteiger charge is -2.24. The normalized spacial score (nSPS) is 15.0. The molecule has 0 radical (unpaired) electrons. The number of thiazole rings is 1. The summed E-state index contributed by atoms with van der Waals surface area (Å²) in [6.45, 7) is 8.67. The van der Waals surface area contributed by atoms with Gasteiger partial charge in [-0.2, -0.15) is 0 Å². The van der Waals surface area contributed by atoms with Crippen molar-refractivity contribution in [2.75, 3.05) is 6.61 Å². The monoisotopic (exact) mass is 611 g/mol. The highest BCUT2D eigenvalue weighted by Crippen LogP contribution is 2.32. The minimum Gasteiger partial charge on any atom is -0.463 e. The van der Waals surface area contributed by atoms with Crippen LogP contribution >= 0.6 is 11.3 Å². The molecule has 2 aromatic heterocycles. The fourth-order valence-corrected chi connectivity index (χ4v) is 7.46. The Bertz CT molecular complexity index is 2330. The van der Waals surface area contributed by atoms with Crippen molar-refractivity contribution in [3.8, 4) is 0 Å². The minimum absolute atomic E-state index is 0.177. The number of rotatable bonds is 6. The van der Waals surface area contributed by atoms with Gasteiger partial charge in [-0.15, -0.1) is 0 Å². The van der Waals surface area contributed by atoms with Crippen LogP contribution < -0.4 is 14.9 Å². The van der Waals surface area contributed by atoms with Crippen LogP contribution in [0.25, 0.3) is 27.8 Å². The number of para-hydroxylation sites is 1. The fraction of sp³-hybridized carbons (Fsp3) is 0.184. The summed E-state index contributed by atoms with van der Waals surface area (Å²) in [6.07, 6.45) is 2.00. The van der Waals surface area contributed by atoms with Gasteiger partial charge in [0.2, 0.25) is 0 Å². The molecule has 1 aliphatic rings. The van der Waals surface area contributed by atoms with Crippen molar-refractivity contribution in [1.82, 2.24) is 9.13 Å². The van der Waals surface area contributed by atoms with Gasteiger partial charge in [0.25, 0.3) is 5.56 Å². The van der Waals surface area contributed by atoms with Gasteiger partial charge in [0.15, 0.2) is 4.80 Å². The zero-order chi connectivity index (χ0) is 31.2. The summed E-state index contributed by atoms with van der Waals surface area (Å²) in [5, 5.41) is 3.53. The summed E-state index contributed by atoms with van der Waals surface area (Å²) >= 11 is 1.35. The lowest BCUT2D eigenvalue weighted by atomic mass is 9.95. The summed E-state index contributed by atoms with van der Waals surface area (Å²) < 4.78 is 10.0. The van der Waals surface area contributed by atoms with Gasteiger partial charge in [0.1, 0.15) is 0 Å². The highest BCUT2D eigenvalue weighted by molar-refractivity contribution is 7.07. The Labute approximate surface area is 264 Å². The second-order valence-corrected chi connectivity index (χ2v) is 12.5. The number of esters is 1. The molecule has 0 saturated heterocycles. The Morgan fingerprint density at radius 3 is 2.40 bits per heavy atom. The van der Waals surface area contributed by atoms with Crippen molar-refractivity contribution in [2.45, 2.75) is 40.3 Å². The third kappa shape index (κ3) is 4.93. The number of nitrogens with zero attached hydrogens (tertiary/aromatic N) is 3. The van der Waals surface area contributed by atoms with Crippen LogP contribution in [-0.2, 0) is 16.1 Å². The number of carbonyl (C=O) groups is 1. The summed E-state index contributed by atoms with van der Waals surface area (Å²) in [4.78, 5) is 32.9. The first-order valence-corrected chi connectivity index (χ1v) is 16.0. The van der Waals surface area contributed by atoms with Crippen LogP contribution in [-0.4, -0.2) is 21.7 Å². The van der Waals surface area contributed by atoms with Crippen molar-refractivity contribution in [3.05, 3.63) is 150 Å². The number of aryl methyl sites for hydroxylation is 1. The van der Waals surface area contributed by atoms with Gasteiger partial charge in [-0.1, -0.05) is 102 Å². The van der Waals surface area contributed by atoms with Gasteiger partial charge < -0.3 is 9.30 Å². The second kappa shape index (κ2) is 11.5. The number of fused-ring (bicyclic) bond motifs is 3. The Hall–Kier alpha value is -5.01. The number of allylic oxidation sites excluding steroid dienone is 1. The van der Waals surface area contributed by atoms with E-state index in [-0.39, 0.29) is 12.2 Å². The lowest BCUT2D eigenvalue weighted by molar-refractivity contribution is -0.139. The minimum atomic E-state index is -0.628. The van der Waals surface area contributed by atoms with Gasteiger partial charge in [-0.3, -0.25) is 9.36 Å². The van der Waals surface area contributed by atoms with E-state index < -0.39 is 12.0 Å². The molecule has 6 nitrogen and oxygen atoms in total. The molecule has 1 aliphatic heterocycles. The zero-order valence-corrected chi connectivity index (χ0v) is 26.5. The summed E-state index contributed by atoms with van der Waals surface area (Å²) in [5.74, 6) is -0.453. The fourth-order valence-electron chi connectivity index (χ4n) is 6.43. The molecule has 0 aliphatic carbocycles. The van der Waals surface area contributed by atoms with E-state index in [0.29, 0.717) is 27.1 Å². The molecule has 224 valence electrons. The van der Waals surface area contributed by atoms with Crippen molar-refractivity contribution in [1.29, 1.82) is 0 Å². The lowest BCUT2D eigenvalue weighted by Crippen LogP contribution is -2.39. The standard InChI is InChI=1S/C38H33N3O3S/c1-5-44-37(43)34-24(3)39-38-41(35(34)27-19-17-23(2)18-20-27)36(42)33(45-38)21-31-25(4)40(32-16-9-8-15-30(31)32)22-28-13-10-12-26-11-6-7-14-29(26)28/h6-21,35H,5,22H2,1-4H3/b33-21-/t35-/m0/s1. The number of carbonyl (C=O) groups excluding carboxylic acids is 1.